The summed E-state index contributed by atoms with van der Waals surface area (Å²) in [6.07, 6.45) is 20.5. The van der Waals surface area contributed by atoms with Crippen LogP contribution in [0, 0.1) is 0 Å². The normalized spacial score (nSPS) is 10.9. The first-order valence-electron chi connectivity index (χ1n) is 23.0. The van der Waals surface area contributed by atoms with E-state index in [2.05, 4.69) is 58.4 Å². The molecular formula is C44H89N5O13S2. The largest absolute Gasteiger partial charge is 0.481 e. The molecule has 7 N–H and O–H groups in total. The molecule has 0 spiro atoms. The minimum absolute atomic E-state index is 0.0462. The Balaban J connectivity index is -0.000000258. The second-order valence-electron chi connectivity index (χ2n) is 13.9. The Kier molecular flexibility index (Phi) is 70.6. The number of unbranched alkanes of at least 4 members (excludes halogenated alkanes) is 13. The van der Waals surface area contributed by atoms with E-state index in [1.807, 2.05) is 20.8 Å². The third-order valence-electron chi connectivity index (χ3n) is 8.60. The fourth-order valence-corrected chi connectivity index (χ4v) is 5.28. The number of carboxylic acid groups (broad SMARTS) is 2. The number of thiol groups is 2. The van der Waals surface area contributed by atoms with Crippen molar-refractivity contribution < 1.29 is 62.7 Å². The molecule has 20 heteroatoms. The minimum Gasteiger partial charge on any atom is -0.481 e. The molecule has 0 heterocycles. The van der Waals surface area contributed by atoms with Crippen LogP contribution < -0.4 is 26.0 Å². The summed E-state index contributed by atoms with van der Waals surface area (Å²) >= 11 is 7.10. The molecule has 0 fully saturated rings. The van der Waals surface area contributed by atoms with Crippen LogP contribution in [0.1, 0.15) is 150 Å². The molecule has 0 aromatic rings. The Labute approximate surface area is 396 Å². The first-order valence-corrected chi connectivity index (χ1v) is 24.0. The molecule has 2 atom stereocenters. The Hall–Kier alpha value is -2.85. The van der Waals surface area contributed by atoms with E-state index in [0.29, 0.717) is 90.4 Å². The van der Waals surface area contributed by atoms with Crippen LogP contribution in [0.3, 0.4) is 0 Å². The van der Waals surface area contributed by atoms with E-state index in [9.17, 15) is 28.8 Å². The zero-order valence-corrected chi connectivity index (χ0v) is 41.7. The van der Waals surface area contributed by atoms with Gasteiger partial charge in [-0.25, -0.2) is 0 Å². The van der Waals surface area contributed by atoms with Crippen LogP contribution in [0.4, 0.5) is 0 Å². The molecule has 0 radical (unpaired) electrons. The van der Waals surface area contributed by atoms with Crippen molar-refractivity contribution in [1.82, 2.24) is 26.0 Å². The molecule has 3 amide bonds. The number of likely N-dealkylation sites (N-methyl/N-ethyl adjacent to an activating group) is 1. The number of hydrogen-bond donors (Lipinski definition) is 9. The second-order valence-corrected chi connectivity index (χ2v) is 14.4. The Morgan fingerprint density at radius 3 is 1.61 bits per heavy atom. The predicted octanol–water partition coefficient (Wildman–Crippen LogP) is 5.35. The number of hydrogen-bond acceptors (Lipinski definition) is 14. The topological polar surface area (TPSA) is 257 Å². The fraction of sp³-hybridized carbons (Fsp3) is 0.841. The van der Waals surface area contributed by atoms with Gasteiger partial charge < -0.3 is 55.2 Å². The summed E-state index contributed by atoms with van der Waals surface area (Å²) in [5, 5.41) is 27.8. The number of rotatable bonds is 42. The summed E-state index contributed by atoms with van der Waals surface area (Å²) in [5.74, 6) is -1.91. The molecule has 0 aliphatic carbocycles. The average Bonchev–Trinajstić information content (AvgIpc) is 3.28. The van der Waals surface area contributed by atoms with Gasteiger partial charge in [0.1, 0.15) is 18.9 Å². The highest BCUT2D eigenvalue weighted by Gasteiger charge is 2.16. The summed E-state index contributed by atoms with van der Waals surface area (Å²) in [6, 6.07) is -0.303. The number of carbonyl (C=O) groups is 7. The third kappa shape index (κ3) is 70.8. The van der Waals surface area contributed by atoms with Gasteiger partial charge in [0.15, 0.2) is 5.62 Å². The van der Waals surface area contributed by atoms with Crippen LogP contribution in [0.2, 0.25) is 0 Å². The highest BCUT2D eigenvalue weighted by atomic mass is 32.1. The summed E-state index contributed by atoms with van der Waals surface area (Å²) in [6.45, 7) is 12.9. The lowest BCUT2D eigenvalue weighted by atomic mass is 10.0. The van der Waals surface area contributed by atoms with Crippen molar-refractivity contribution in [1.29, 1.82) is 0 Å². The van der Waals surface area contributed by atoms with Crippen LogP contribution in [-0.4, -0.2) is 144 Å². The number of aliphatic carboxylic acids is 2. The molecule has 64 heavy (non-hydrogen) atoms. The van der Waals surface area contributed by atoms with E-state index in [1.165, 1.54) is 57.8 Å². The standard InChI is InChI=1S/C16H30O3.C13H27N3O4S.C12H24N2O5.C2H6.CH2OS/c17-15-13-11-9-7-5-3-1-2-4-6-8-10-12-14-16(18)19;1-12(16-21)4-2-3-5-15-13(18)10-20-9-8-19-7-6-14-11-17;1-3-18-8-9-19-7-6-14-11(15)5-4-10(13-2)12(16)17;1-2;2-1-3/h15H,1-14H2,(H,18,19);11-12,16,21H,2-10H2,1H3,(H,14,17)(H,15,18);10,13H,3-9H2,1-2H3,(H,14,15)(H,16,17);1-2H3;1H,(H,2,3). The monoisotopic (exact) mass is 960 g/mol. The Bertz CT molecular complexity index is 1040. The molecule has 0 saturated carbocycles. The van der Waals surface area contributed by atoms with Crippen LogP contribution in [0.5, 0.6) is 0 Å². The Morgan fingerprint density at radius 2 is 1.12 bits per heavy atom. The van der Waals surface area contributed by atoms with Gasteiger partial charge in [-0.2, -0.15) is 0 Å². The quantitative estimate of drug-likeness (QED) is 0.0212. The van der Waals surface area contributed by atoms with Gasteiger partial charge in [0, 0.05) is 51.5 Å². The van der Waals surface area contributed by atoms with E-state index in [4.69, 9.17) is 34.0 Å². The maximum absolute atomic E-state index is 11.4. The molecule has 0 aromatic carbocycles. The van der Waals surface area contributed by atoms with E-state index < -0.39 is 18.0 Å². The molecule has 0 saturated heterocycles. The van der Waals surface area contributed by atoms with Crippen molar-refractivity contribution in [3.63, 3.8) is 0 Å². The summed E-state index contributed by atoms with van der Waals surface area (Å²) in [4.78, 5) is 72.6. The first-order chi connectivity index (χ1) is 31.0. The number of carbonyl (C=O) groups excluding carboxylic acids is 5. The number of carboxylic acids is 2. The molecule has 0 aromatic heterocycles. The van der Waals surface area contributed by atoms with E-state index in [-0.39, 0.29) is 31.3 Å². The van der Waals surface area contributed by atoms with Gasteiger partial charge in [-0.05, 0) is 53.0 Å². The van der Waals surface area contributed by atoms with Gasteiger partial charge in [0.25, 0.3) is 0 Å². The Morgan fingerprint density at radius 1 is 0.625 bits per heavy atom. The summed E-state index contributed by atoms with van der Waals surface area (Å²) in [5.41, 5.74) is 0.444. The van der Waals surface area contributed by atoms with Gasteiger partial charge in [0.2, 0.25) is 18.2 Å². The zero-order chi connectivity index (χ0) is 49.2. The molecule has 2 unspecified atom stereocenters. The summed E-state index contributed by atoms with van der Waals surface area (Å²) < 4.78 is 23.5. The van der Waals surface area contributed by atoms with Gasteiger partial charge >= 0.3 is 11.9 Å². The number of amides is 3. The number of aldehydes is 1. The van der Waals surface area contributed by atoms with Gasteiger partial charge in [0.05, 0.1) is 39.6 Å². The van der Waals surface area contributed by atoms with Gasteiger partial charge in [-0.3, -0.25) is 33.5 Å². The maximum Gasteiger partial charge on any atom is 0.320 e. The van der Waals surface area contributed by atoms with Crippen molar-refractivity contribution in [3.05, 3.63) is 0 Å². The molecule has 0 rings (SSSR count). The first kappa shape index (κ1) is 70.2. The smallest absolute Gasteiger partial charge is 0.320 e. The lowest BCUT2D eigenvalue weighted by molar-refractivity contribution is -0.140. The summed E-state index contributed by atoms with van der Waals surface area (Å²) in [7, 11) is 1.56. The van der Waals surface area contributed by atoms with Crippen molar-refractivity contribution in [2.24, 2.45) is 0 Å². The third-order valence-corrected chi connectivity index (χ3v) is 9.04. The van der Waals surface area contributed by atoms with Crippen molar-refractivity contribution in [3.8, 4) is 0 Å². The minimum atomic E-state index is -0.949. The predicted molar refractivity (Wildman–Crippen MR) is 260 cm³/mol. The maximum atomic E-state index is 11.4. The second kappa shape index (κ2) is 64.4. The van der Waals surface area contributed by atoms with Crippen LogP contribution in [0.25, 0.3) is 0 Å². The van der Waals surface area contributed by atoms with E-state index in [1.54, 1.807) is 7.05 Å². The van der Waals surface area contributed by atoms with E-state index in [0.717, 1.165) is 51.2 Å². The fourth-order valence-electron chi connectivity index (χ4n) is 5.15. The van der Waals surface area contributed by atoms with Crippen LogP contribution in [0.15, 0.2) is 0 Å². The van der Waals surface area contributed by atoms with Gasteiger partial charge in [-0.1, -0.05) is 97.3 Å². The van der Waals surface area contributed by atoms with Crippen molar-refractivity contribution >= 4 is 67.5 Å². The highest BCUT2D eigenvalue weighted by molar-refractivity contribution is 7.94. The van der Waals surface area contributed by atoms with Gasteiger partial charge in [-0.15, -0.1) is 12.6 Å². The van der Waals surface area contributed by atoms with Crippen LogP contribution >= 0.6 is 25.4 Å². The average molecular weight is 960 g/mol. The molecule has 0 aliphatic rings. The lowest BCUT2D eigenvalue weighted by Gasteiger charge is -2.11. The van der Waals surface area contributed by atoms with E-state index >= 15 is 0 Å². The zero-order valence-electron chi connectivity index (χ0n) is 39.9. The molecule has 380 valence electrons. The molecule has 0 bridgehead atoms. The molecule has 18 nitrogen and oxygen atoms in total. The van der Waals surface area contributed by atoms with Crippen molar-refractivity contribution in [2.75, 3.05) is 79.5 Å². The molecular weight excluding hydrogens is 871 g/mol. The lowest BCUT2D eigenvalue weighted by Crippen LogP contribution is -2.36. The number of ether oxygens (including phenoxy) is 4. The van der Waals surface area contributed by atoms with Crippen LogP contribution in [-0.2, 0) is 52.5 Å². The SMILES string of the molecule is CC.CC(CCCCNC(=O)COCCOCCNC=O)NS.CCOCCOCCNC(=O)CCC(NC)C(=O)O.O=CCCCCCCCCCCCCCCC(=O)O.O=CS. The highest BCUT2D eigenvalue weighted by Crippen LogP contribution is 2.12. The molecule has 0 aliphatic heterocycles. The van der Waals surface area contributed by atoms with Crippen molar-refractivity contribution in [2.45, 2.75) is 162 Å². The number of nitrogens with one attached hydrogen (secondary N) is 5.